The third kappa shape index (κ3) is 4.31. The molecule has 0 spiro atoms. The average Bonchev–Trinajstić information content (AvgIpc) is 2.62. The molecule has 2 aromatic rings. The summed E-state index contributed by atoms with van der Waals surface area (Å²) in [5.41, 5.74) is 1.06. The van der Waals surface area contributed by atoms with Crippen molar-refractivity contribution in [2.24, 2.45) is 0 Å². The maximum absolute atomic E-state index is 12.3. The van der Waals surface area contributed by atoms with Crippen molar-refractivity contribution in [1.29, 1.82) is 0 Å². The van der Waals surface area contributed by atoms with E-state index in [0.717, 1.165) is 22.3 Å². The van der Waals surface area contributed by atoms with Crippen LogP contribution in [-0.2, 0) is 4.79 Å². The molecule has 0 atom stereocenters. The Balaban J connectivity index is 1.48. The van der Waals surface area contributed by atoms with Gasteiger partial charge >= 0.3 is 0 Å². The summed E-state index contributed by atoms with van der Waals surface area (Å²) in [4.78, 5) is 16.3. The van der Waals surface area contributed by atoms with Gasteiger partial charge in [0.15, 0.2) is 6.61 Å². The lowest BCUT2D eigenvalue weighted by molar-refractivity contribution is -0.133. The Bertz CT molecular complexity index is 680. The number of benzene rings is 2. The molecule has 0 aromatic heterocycles. The van der Waals surface area contributed by atoms with Crippen molar-refractivity contribution in [2.75, 3.05) is 37.7 Å². The van der Waals surface area contributed by atoms with E-state index < -0.39 is 0 Å². The van der Waals surface area contributed by atoms with Gasteiger partial charge in [-0.1, -0.05) is 0 Å². The van der Waals surface area contributed by atoms with Gasteiger partial charge in [0.2, 0.25) is 0 Å². The van der Waals surface area contributed by atoms with Crippen molar-refractivity contribution >= 4 is 34.2 Å². The second-order valence-electron chi connectivity index (χ2n) is 5.63. The molecule has 0 saturated carbocycles. The number of piperazine rings is 1. The van der Waals surface area contributed by atoms with Crippen LogP contribution in [0.25, 0.3) is 0 Å². The lowest BCUT2D eigenvalue weighted by Gasteiger charge is -2.36. The SMILES string of the molecule is O=C(COc1ccc(I)cc1)N1CCN(c2ccc(O)cc2)CC1. The Morgan fingerprint density at radius 3 is 2.25 bits per heavy atom. The van der Waals surface area contributed by atoms with E-state index in [-0.39, 0.29) is 18.3 Å². The zero-order valence-electron chi connectivity index (χ0n) is 13.2. The van der Waals surface area contributed by atoms with Crippen LogP contribution < -0.4 is 9.64 Å². The van der Waals surface area contributed by atoms with Crippen LogP contribution >= 0.6 is 22.6 Å². The number of anilines is 1. The molecule has 1 fully saturated rings. The van der Waals surface area contributed by atoms with Crippen molar-refractivity contribution < 1.29 is 14.6 Å². The summed E-state index contributed by atoms with van der Waals surface area (Å²) in [6.07, 6.45) is 0. The fraction of sp³-hybridized carbons (Fsp3) is 0.278. The van der Waals surface area contributed by atoms with E-state index in [4.69, 9.17) is 4.74 Å². The minimum absolute atomic E-state index is 0.0129. The largest absolute Gasteiger partial charge is 0.508 e. The summed E-state index contributed by atoms with van der Waals surface area (Å²) in [7, 11) is 0. The highest BCUT2D eigenvalue weighted by Crippen LogP contribution is 2.20. The van der Waals surface area contributed by atoms with Gasteiger partial charge in [-0.3, -0.25) is 4.79 Å². The zero-order chi connectivity index (χ0) is 16.9. The van der Waals surface area contributed by atoms with Crippen molar-refractivity contribution in [3.8, 4) is 11.5 Å². The molecule has 1 aliphatic rings. The molecule has 24 heavy (non-hydrogen) atoms. The number of phenols is 1. The minimum atomic E-state index is 0.0129. The highest BCUT2D eigenvalue weighted by Gasteiger charge is 2.21. The monoisotopic (exact) mass is 438 g/mol. The van der Waals surface area contributed by atoms with Crippen molar-refractivity contribution in [2.45, 2.75) is 0 Å². The van der Waals surface area contributed by atoms with Crippen LogP contribution in [0.15, 0.2) is 48.5 Å². The molecular weight excluding hydrogens is 419 g/mol. The first-order valence-electron chi connectivity index (χ1n) is 7.82. The van der Waals surface area contributed by atoms with E-state index in [1.54, 1.807) is 12.1 Å². The summed E-state index contributed by atoms with van der Waals surface area (Å²) in [5.74, 6) is 0.991. The number of hydrogen-bond acceptors (Lipinski definition) is 4. The number of halogens is 1. The molecule has 1 aliphatic heterocycles. The Hall–Kier alpha value is -1.96. The fourth-order valence-electron chi connectivity index (χ4n) is 2.64. The van der Waals surface area contributed by atoms with Gasteiger partial charge in [-0.2, -0.15) is 0 Å². The van der Waals surface area contributed by atoms with E-state index in [1.807, 2.05) is 41.3 Å². The number of phenolic OH excluding ortho intramolecular Hbond substituents is 1. The molecule has 5 nitrogen and oxygen atoms in total. The molecule has 0 aliphatic carbocycles. The number of amides is 1. The van der Waals surface area contributed by atoms with Gasteiger partial charge in [0.05, 0.1) is 0 Å². The van der Waals surface area contributed by atoms with Gasteiger partial charge in [-0.15, -0.1) is 0 Å². The number of aromatic hydroxyl groups is 1. The Morgan fingerprint density at radius 1 is 1.00 bits per heavy atom. The van der Waals surface area contributed by atoms with Crippen LogP contribution in [0.5, 0.6) is 11.5 Å². The molecule has 1 saturated heterocycles. The first-order valence-corrected chi connectivity index (χ1v) is 8.90. The molecular formula is C18H19IN2O3. The van der Waals surface area contributed by atoms with Crippen LogP contribution in [0.4, 0.5) is 5.69 Å². The summed E-state index contributed by atoms with van der Waals surface area (Å²) in [6.45, 7) is 2.98. The van der Waals surface area contributed by atoms with Crippen LogP contribution in [-0.4, -0.2) is 48.7 Å². The van der Waals surface area contributed by atoms with E-state index >= 15 is 0 Å². The Labute approximate surface area is 155 Å². The number of ether oxygens (including phenoxy) is 1. The molecule has 126 valence electrons. The molecule has 0 bridgehead atoms. The first-order chi connectivity index (χ1) is 11.6. The number of nitrogens with zero attached hydrogens (tertiary/aromatic N) is 2. The predicted octanol–water partition coefficient (Wildman–Crippen LogP) is 2.72. The number of rotatable bonds is 4. The van der Waals surface area contributed by atoms with Crippen molar-refractivity contribution in [3.05, 3.63) is 52.1 Å². The third-order valence-electron chi connectivity index (χ3n) is 4.02. The molecule has 6 heteroatoms. The van der Waals surface area contributed by atoms with E-state index in [1.165, 1.54) is 0 Å². The van der Waals surface area contributed by atoms with Gasteiger partial charge in [-0.25, -0.2) is 0 Å². The quantitative estimate of drug-likeness (QED) is 0.747. The summed E-state index contributed by atoms with van der Waals surface area (Å²) in [5, 5.41) is 9.35. The molecule has 1 N–H and O–H groups in total. The van der Waals surface area contributed by atoms with Crippen LogP contribution in [0, 0.1) is 3.57 Å². The zero-order valence-corrected chi connectivity index (χ0v) is 15.3. The molecule has 3 rings (SSSR count). The second kappa shape index (κ2) is 7.74. The Kier molecular flexibility index (Phi) is 5.44. The normalized spacial score (nSPS) is 14.5. The van der Waals surface area contributed by atoms with E-state index in [0.29, 0.717) is 18.8 Å². The highest BCUT2D eigenvalue weighted by atomic mass is 127. The van der Waals surface area contributed by atoms with Crippen LogP contribution in [0.3, 0.4) is 0 Å². The van der Waals surface area contributed by atoms with Crippen LogP contribution in [0.2, 0.25) is 0 Å². The topological polar surface area (TPSA) is 53.0 Å². The first kappa shape index (κ1) is 16.9. The summed E-state index contributed by atoms with van der Waals surface area (Å²) >= 11 is 2.23. The molecule has 1 heterocycles. The van der Waals surface area contributed by atoms with Gasteiger partial charge in [0.25, 0.3) is 5.91 Å². The number of carbonyl (C=O) groups excluding carboxylic acids is 1. The highest BCUT2D eigenvalue weighted by molar-refractivity contribution is 14.1. The maximum atomic E-state index is 12.3. The number of carbonyl (C=O) groups is 1. The predicted molar refractivity (Wildman–Crippen MR) is 102 cm³/mol. The van der Waals surface area contributed by atoms with Gasteiger partial charge < -0.3 is 19.6 Å². The van der Waals surface area contributed by atoms with Crippen molar-refractivity contribution in [1.82, 2.24) is 4.90 Å². The molecule has 0 radical (unpaired) electrons. The average molecular weight is 438 g/mol. The lowest BCUT2D eigenvalue weighted by atomic mass is 10.2. The molecule has 1 amide bonds. The van der Waals surface area contributed by atoms with Gasteiger partial charge in [-0.05, 0) is 71.1 Å². The number of hydrogen-bond donors (Lipinski definition) is 1. The molecule has 0 unspecified atom stereocenters. The summed E-state index contributed by atoms with van der Waals surface area (Å²) in [6, 6.07) is 14.8. The van der Waals surface area contributed by atoms with Crippen LogP contribution in [0.1, 0.15) is 0 Å². The smallest absolute Gasteiger partial charge is 0.260 e. The second-order valence-corrected chi connectivity index (χ2v) is 6.87. The summed E-state index contributed by atoms with van der Waals surface area (Å²) < 4.78 is 6.70. The standard InChI is InChI=1S/C18H19IN2O3/c19-14-1-7-17(8-2-14)24-13-18(23)21-11-9-20(10-12-21)15-3-5-16(22)6-4-15/h1-8,22H,9-13H2. The third-order valence-corrected chi connectivity index (χ3v) is 4.74. The lowest BCUT2D eigenvalue weighted by Crippen LogP contribution is -2.50. The fourth-order valence-corrected chi connectivity index (χ4v) is 3.00. The maximum Gasteiger partial charge on any atom is 0.260 e. The molecule has 2 aromatic carbocycles. The minimum Gasteiger partial charge on any atom is -0.508 e. The van der Waals surface area contributed by atoms with Gasteiger partial charge in [0, 0.05) is 35.4 Å². The Morgan fingerprint density at radius 2 is 1.62 bits per heavy atom. The van der Waals surface area contributed by atoms with E-state index in [9.17, 15) is 9.90 Å². The van der Waals surface area contributed by atoms with Gasteiger partial charge in [0.1, 0.15) is 11.5 Å². The van der Waals surface area contributed by atoms with Crippen molar-refractivity contribution in [3.63, 3.8) is 0 Å². The van der Waals surface area contributed by atoms with E-state index in [2.05, 4.69) is 27.5 Å².